The molecule has 0 bridgehead atoms. The minimum absolute atomic E-state index is 0.0144. The van der Waals surface area contributed by atoms with Gasteiger partial charge in [0, 0.05) is 5.38 Å². The molecule has 0 fully saturated rings. The highest BCUT2D eigenvalue weighted by molar-refractivity contribution is 7.09. The number of para-hydroxylation sites is 1. The Morgan fingerprint density at radius 1 is 1.30 bits per heavy atom. The van der Waals surface area contributed by atoms with Crippen molar-refractivity contribution >= 4 is 17.3 Å². The van der Waals surface area contributed by atoms with Crippen LogP contribution < -0.4 is 14.2 Å². The average Bonchev–Trinajstić information content (AvgIpc) is 2.93. The van der Waals surface area contributed by atoms with Crippen molar-refractivity contribution in [2.75, 3.05) is 14.2 Å². The molecule has 0 saturated heterocycles. The van der Waals surface area contributed by atoms with Gasteiger partial charge in [-0.25, -0.2) is 9.78 Å². The summed E-state index contributed by atoms with van der Waals surface area (Å²) in [6.07, 6.45) is 0. The van der Waals surface area contributed by atoms with Crippen molar-refractivity contribution in [2.45, 2.75) is 6.61 Å². The van der Waals surface area contributed by atoms with Crippen LogP contribution in [0.25, 0.3) is 0 Å². The maximum atomic E-state index is 10.8. The summed E-state index contributed by atoms with van der Waals surface area (Å²) in [6, 6.07) is 5.29. The molecule has 20 heavy (non-hydrogen) atoms. The summed E-state index contributed by atoms with van der Waals surface area (Å²) in [5.41, 5.74) is 0.0144. The molecule has 0 saturated carbocycles. The van der Waals surface area contributed by atoms with E-state index in [1.165, 1.54) is 30.9 Å². The summed E-state index contributed by atoms with van der Waals surface area (Å²) in [5.74, 6) is 0.491. The highest BCUT2D eigenvalue weighted by atomic mass is 32.1. The zero-order chi connectivity index (χ0) is 14.5. The molecule has 1 heterocycles. The second-order valence-corrected chi connectivity index (χ2v) is 4.65. The number of carbonyl (C=O) groups is 1. The molecule has 0 spiro atoms. The fourth-order valence-electron chi connectivity index (χ4n) is 1.57. The molecule has 1 aromatic carbocycles. The second kappa shape index (κ2) is 6.25. The summed E-state index contributed by atoms with van der Waals surface area (Å²) >= 11 is 1.23. The molecule has 1 N–H and O–H groups in total. The van der Waals surface area contributed by atoms with Gasteiger partial charge in [-0.1, -0.05) is 6.07 Å². The molecule has 0 atom stereocenters. The third-order valence-electron chi connectivity index (χ3n) is 2.49. The van der Waals surface area contributed by atoms with Gasteiger partial charge in [-0.2, -0.15) is 0 Å². The highest BCUT2D eigenvalue weighted by Crippen LogP contribution is 2.37. The van der Waals surface area contributed by atoms with E-state index in [2.05, 4.69) is 4.98 Å². The van der Waals surface area contributed by atoms with Crippen LogP contribution in [0.2, 0.25) is 0 Å². The van der Waals surface area contributed by atoms with E-state index in [0.29, 0.717) is 22.3 Å². The van der Waals surface area contributed by atoms with Gasteiger partial charge in [0.25, 0.3) is 0 Å². The number of hydrogen-bond acceptors (Lipinski definition) is 6. The number of methoxy groups -OCH3 is 2. The van der Waals surface area contributed by atoms with Crippen LogP contribution >= 0.6 is 11.3 Å². The third kappa shape index (κ3) is 3.00. The van der Waals surface area contributed by atoms with Crippen molar-refractivity contribution in [2.24, 2.45) is 0 Å². The molecular formula is C13H13NO5S. The Kier molecular flexibility index (Phi) is 4.41. The Morgan fingerprint density at radius 2 is 1.95 bits per heavy atom. The van der Waals surface area contributed by atoms with Gasteiger partial charge in [-0.05, 0) is 12.1 Å². The summed E-state index contributed by atoms with van der Waals surface area (Å²) in [5, 5.41) is 10.8. The standard InChI is InChI=1S/C13H13NO5S/c1-17-9-4-3-5-10(18-2)12(9)19-6-11-14-8(7-20-11)13(15)16/h3-5,7H,6H2,1-2H3,(H,15,16). The van der Waals surface area contributed by atoms with Crippen molar-refractivity contribution in [3.05, 3.63) is 34.3 Å². The van der Waals surface area contributed by atoms with E-state index in [0.717, 1.165) is 0 Å². The summed E-state index contributed by atoms with van der Waals surface area (Å²) < 4.78 is 16.0. The number of hydrogen-bond donors (Lipinski definition) is 1. The zero-order valence-electron chi connectivity index (χ0n) is 11.0. The highest BCUT2D eigenvalue weighted by Gasteiger charge is 2.13. The van der Waals surface area contributed by atoms with Crippen LogP contribution in [0.1, 0.15) is 15.5 Å². The van der Waals surface area contributed by atoms with Gasteiger partial charge in [0.15, 0.2) is 17.2 Å². The lowest BCUT2D eigenvalue weighted by atomic mass is 10.3. The molecule has 2 aromatic rings. The monoisotopic (exact) mass is 295 g/mol. The van der Waals surface area contributed by atoms with E-state index >= 15 is 0 Å². The number of thiazole rings is 1. The zero-order valence-corrected chi connectivity index (χ0v) is 11.8. The lowest BCUT2D eigenvalue weighted by Gasteiger charge is -2.13. The molecule has 0 aliphatic carbocycles. The first-order chi connectivity index (χ1) is 9.65. The number of carboxylic acid groups (broad SMARTS) is 1. The van der Waals surface area contributed by atoms with Crippen LogP contribution in [0, 0.1) is 0 Å². The van der Waals surface area contributed by atoms with Gasteiger partial charge in [-0.3, -0.25) is 0 Å². The van der Waals surface area contributed by atoms with Gasteiger partial charge in [0.2, 0.25) is 5.75 Å². The van der Waals surface area contributed by atoms with Crippen LogP contribution in [0.5, 0.6) is 17.2 Å². The number of carboxylic acids is 1. The SMILES string of the molecule is COc1cccc(OC)c1OCc1nc(C(=O)O)cs1. The van der Waals surface area contributed by atoms with E-state index in [1.807, 2.05) is 0 Å². The Balaban J connectivity index is 2.15. The van der Waals surface area contributed by atoms with E-state index in [-0.39, 0.29) is 12.3 Å². The predicted octanol–water partition coefficient (Wildman–Crippen LogP) is 2.44. The number of nitrogens with zero attached hydrogens (tertiary/aromatic N) is 1. The number of aromatic nitrogens is 1. The molecule has 106 valence electrons. The summed E-state index contributed by atoms with van der Waals surface area (Å²) in [7, 11) is 3.07. The van der Waals surface area contributed by atoms with Crippen LogP contribution in [-0.2, 0) is 6.61 Å². The van der Waals surface area contributed by atoms with Crippen LogP contribution in [-0.4, -0.2) is 30.3 Å². The van der Waals surface area contributed by atoms with Gasteiger partial charge < -0.3 is 19.3 Å². The quantitative estimate of drug-likeness (QED) is 0.882. The number of aromatic carboxylic acids is 1. The van der Waals surface area contributed by atoms with E-state index < -0.39 is 5.97 Å². The van der Waals surface area contributed by atoms with Crippen LogP contribution in [0.15, 0.2) is 23.6 Å². The number of benzene rings is 1. The van der Waals surface area contributed by atoms with Gasteiger partial charge in [0.1, 0.15) is 11.6 Å². The van der Waals surface area contributed by atoms with E-state index in [9.17, 15) is 4.79 Å². The molecule has 6 nitrogen and oxygen atoms in total. The maximum Gasteiger partial charge on any atom is 0.355 e. The van der Waals surface area contributed by atoms with Crippen molar-refractivity contribution in [1.82, 2.24) is 4.98 Å². The maximum absolute atomic E-state index is 10.8. The van der Waals surface area contributed by atoms with Gasteiger partial charge in [-0.15, -0.1) is 11.3 Å². The molecule has 7 heteroatoms. The Morgan fingerprint density at radius 3 is 2.45 bits per heavy atom. The largest absolute Gasteiger partial charge is 0.493 e. The fourth-order valence-corrected chi connectivity index (χ4v) is 2.25. The smallest absolute Gasteiger partial charge is 0.355 e. The van der Waals surface area contributed by atoms with Crippen molar-refractivity contribution < 1.29 is 24.1 Å². The molecule has 0 aliphatic heterocycles. The minimum Gasteiger partial charge on any atom is -0.493 e. The second-order valence-electron chi connectivity index (χ2n) is 3.71. The Bertz CT molecular complexity index is 588. The summed E-state index contributed by atoms with van der Waals surface area (Å²) in [4.78, 5) is 14.7. The molecule has 1 aromatic heterocycles. The Hall–Kier alpha value is -2.28. The summed E-state index contributed by atoms with van der Waals surface area (Å²) in [6.45, 7) is 0.148. The number of ether oxygens (including phenoxy) is 3. The van der Waals surface area contributed by atoms with E-state index in [4.69, 9.17) is 19.3 Å². The first-order valence-electron chi connectivity index (χ1n) is 5.67. The van der Waals surface area contributed by atoms with Crippen molar-refractivity contribution in [1.29, 1.82) is 0 Å². The normalized spacial score (nSPS) is 10.1. The topological polar surface area (TPSA) is 77.9 Å². The number of rotatable bonds is 6. The molecular weight excluding hydrogens is 282 g/mol. The Labute approximate surface area is 119 Å². The first kappa shape index (κ1) is 14.1. The van der Waals surface area contributed by atoms with Gasteiger partial charge in [0.05, 0.1) is 14.2 Å². The van der Waals surface area contributed by atoms with Crippen molar-refractivity contribution in [3.63, 3.8) is 0 Å². The predicted molar refractivity (Wildman–Crippen MR) is 73.0 cm³/mol. The average molecular weight is 295 g/mol. The molecule has 0 amide bonds. The van der Waals surface area contributed by atoms with Gasteiger partial charge >= 0.3 is 5.97 Å². The van der Waals surface area contributed by atoms with Crippen LogP contribution in [0.4, 0.5) is 0 Å². The minimum atomic E-state index is -1.05. The van der Waals surface area contributed by atoms with E-state index in [1.54, 1.807) is 18.2 Å². The van der Waals surface area contributed by atoms with Crippen molar-refractivity contribution in [3.8, 4) is 17.2 Å². The molecule has 0 unspecified atom stereocenters. The molecule has 0 aliphatic rings. The van der Waals surface area contributed by atoms with Crippen LogP contribution in [0.3, 0.4) is 0 Å². The fraction of sp³-hybridized carbons (Fsp3) is 0.231. The third-order valence-corrected chi connectivity index (χ3v) is 3.32. The molecule has 2 rings (SSSR count). The molecule has 0 radical (unpaired) electrons. The lowest BCUT2D eigenvalue weighted by Crippen LogP contribution is -2.01. The lowest BCUT2D eigenvalue weighted by molar-refractivity contribution is 0.0691. The first-order valence-corrected chi connectivity index (χ1v) is 6.55.